The Morgan fingerprint density at radius 2 is 0.500 bits per heavy atom. The highest BCUT2D eigenvalue weighted by molar-refractivity contribution is 5.71. The van der Waals surface area contributed by atoms with Crippen LogP contribution in [0.3, 0.4) is 0 Å². The normalized spacial score (nSPS) is 24.9. The van der Waals surface area contributed by atoms with Gasteiger partial charge in [0.15, 0.2) is 0 Å². The molecule has 0 N–H and O–H groups in total. The van der Waals surface area contributed by atoms with E-state index < -0.39 is 6.02 Å². The molecule has 10 aromatic carbocycles. The molecule has 23 rings (SSSR count). The predicted molar refractivity (Wildman–Crippen MR) is 561 cm³/mol. The van der Waals surface area contributed by atoms with E-state index in [-0.39, 0.29) is 41.3 Å². The van der Waals surface area contributed by atoms with E-state index in [4.69, 9.17) is 0 Å². The Morgan fingerprint density at radius 3 is 0.843 bits per heavy atom. The second-order valence-electron chi connectivity index (χ2n) is 42.0. The molecule has 5 saturated carbocycles. The summed E-state index contributed by atoms with van der Waals surface area (Å²) in [6.45, 7) is 36.4. The number of hydrogen-bond acceptors (Lipinski definition) is 8. The van der Waals surface area contributed by atoms with Crippen LogP contribution in [0.2, 0.25) is 0 Å². The quantitative estimate of drug-likeness (QED) is 0.100. The van der Waals surface area contributed by atoms with Crippen molar-refractivity contribution >= 4 is 22.7 Å². The molecule has 5 fully saturated rings. The number of anilines is 4. The van der Waals surface area contributed by atoms with Crippen molar-refractivity contribution in [3.05, 3.63) is 425 Å². The van der Waals surface area contributed by atoms with Crippen LogP contribution in [0.4, 0.5) is 22.7 Å². The summed E-state index contributed by atoms with van der Waals surface area (Å²) in [5.74, 6) is 3.12. The van der Waals surface area contributed by atoms with Crippen LogP contribution in [0.15, 0.2) is 325 Å². The third kappa shape index (κ3) is 15.1. The lowest BCUT2D eigenvalue weighted by Gasteiger charge is -2.51. The standard InChI is InChI=1S/C34H38N2.C33H36N2.C32H40N2.C27H32N2/c1-24-14-11-12-21-30(24)35-27(4)31-22-23-34(28-17-7-5-8-18-28,29-19-9-6-10-20-29)36(31)33(35)32-25(2)15-13-16-26(32)3;1-23-13-8-11-20-29(23)34-26(4)30-21-22-33(28-18-9-10-19-28,27-16-6-5-7-17-27)35(30)32(34)31-24(2)14-12-15-25(31)3;1-22-12-5-10-19-28(22)33-25(4)29-20-21-32(26-15-6-7-16-26,27-17-8-9-18-27)34(29)31(33)30-23(2)13-11-14-24(30)3;1-18-10-5-8-15-23(18)28-21(4)24-16-17-25(22-13-6-7-14-22)29(24)27(28)26-19(2)11-9-12-20(26)3/h5,7-8,11-18,21-23,29,33H,6,9-10,19-20H2,1-4H3;5-8,11-17,20-22,28,32H,9-10,18-19H2,1-4H3;5,10-14,19-21,26-27,31H,6-9,15-18H2,1-4H3;5,8-12,15-17,22,25,27H,6-7,13-14H2,1-4H3/i;;;25D. The highest BCUT2D eigenvalue weighted by Crippen LogP contribution is 2.65. The number of aryl methyl sites for hydroxylation is 12. The number of rotatable bonds is 15. The summed E-state index contributed by atoms with van der Waals surface area (Å²) in [5, 5.41) is 0. The zero-order chi connectivity index (χ0) is 93.5. The highest BCUT2D eigenvalue weighted by Gasteiger charge is 2.61. The molecule has 8 heteroatoms. The Hall–Kier alpha value is -11.5. The molecule has 8 aliphatic heterocycles. The summed E-state index contributed by atoms with van der Waals surface area (Å²) in [5.41, 5.74) is 40.6. The highest BCUT2D eigenvalue weighted by atomic mass is 15.5. The SMILES string of the molecule is CC1=C2C=CC(C3CCCC3)(C3CCCC3)N2C(c2c(C)cccc2C)N1c1ccccc1C.CC1=C2C=CC(c3ccccc3)(C3CCCC3)N2C(c2c(C)cccc2C)N1c1ccccc1C.CC1=C2C=CC(c3ccccc3)(C3CCCCC3)N2C(c2c(C)cccc2C)N1c1ccccc1C.[2H]C1(C2CCCC2)C=CC2=C(C)N(c3ccccc3C)C(c3c(C)cccc3C)N21. The van der Waals surface area contributed by atoms with Gasteiger partial charge in [-0.2, -0.15) is 0 Å². The molecule has 0 amide bonds. The summed E-state index contributed by atoms with van der Waals surface area (Å²) < 4.78 is 9.70. The molecule has 8 nitrogen and oxygen atoms in total. The molecule has 0 spiro atoms. The molecule has 134 heavy (non-hydrogen) atoms. The van der Waals surface area contributed by atoms with E-state index in [9.17, 15) is 1.37 Å². The topological polar surface area (TPSA) is 25.9 Å². The van der Waals surface area contributed by atoms with Gasteiger partial charge >= 0.3 is 0 Å². The van der Waals surface area contributed by atoms with Gasteiger partial charge in [0.2, 0.25) is 0 Å². The first kappa shape index (κ1) is 89.1. The fourth-order valence-corrected chi connectivity index (χ4v) is 28.1. The second-order valence-corrected chi connectivity index (χ2v) is 42.0. The van der Waals surface area contributed by atoms with E-state index in [2.05, 4.69) is 429 Å². The van der Waals surface area contributed by atoms with Gasteiger partial charge in [0.1, 0.15) is 24.7 Å². The largest absolute Gasteiger partial charge is 0.339 e. The van der Waals surface area contributed by atoms with Crippen molar-refractivity contribution in [3.63, 3.8) is 0 Å². The molecule has 0 aromatic heterocycles. The fraction of sp³-hybridized carbons (Fsp3) is 0.397. The molecular weight excluding hydrogens is 1630 g/mol. The number of fused-ring (bicyclic) bond motifs is 4. The summed E-state index contributed by atoms with van der Waals surface area (Å²) in [4.78, 5) is 21.4. The third-order valence-electron chi connectivity index (χ3n) is 34.5. The predicted octanol–water partition coefficient (Wildman–Crippen LogP) is 32.2. The molecule has 0 saturated heterocycles. The Morgan fingerprint density at radius 1 is 0.239 bits per heavy atom. The lowest BCUT2D eigenvalue weighted by atomic mass is 9.70. The molecular formula is C126H146N8. The minimum atomic E-state index is -0.677. The average molecular weight is 1770 g/mol. The minimum Gasteiger partial charge on any atom is -0.339 e. The number of para-hydroxylation sites is 4. The van der Waals surface area contributed by atoms with E-state index in [1.54, 1.807) is 0 Å². The smallest absolute Gasteiger partial charge is 0.134 e. The van der Waals surface area contributed by atoms with Crippen molar-refractivity contribution in [1.29, 1.82) is 0 Å². The zero-order valence-electron chi connectivity index (χ0n) is 84.2. The lowest BCUT2D eigenvalue weighted by molar-refractivity contribution is 0.0410. The summed E-state index contributed by atoms with van der Waals surface area (Å²) in [7, 11) is 0. The van der Waals surface area contributed by atoms with Crippen molar-refractivity contribution in [1.82, 2.24) is 19.6 Å². The monoisotopic (exact) mass is 1770 g/mol. The fourth-order valence-electron chi connectivity index (χ4n) is 28.1. The maximum absolute atomic E-state index is 9.70. The minimum absolute atomic E-state index is 0.00963. The van der Waals surface area contributed by atoms with Crippen LogP contribution in [-0.2, 0) is 11.1 Å². The average Bonchev–Trinajstić information content (AvgIpc) is 1.53. The Bertz CT molecular complexity index is 6270. The Kier molecular flexibility index (Phi) is 24.8. The van der Waals surface area contributed by atoms with Crippen molar-refractivity contribution in [2.24, 2.45) is 29.6 Å². The van der Waals surface area contributed by atoms with Gasteiger partial charge in [0.05, 0.1) is 46.8 Å². The van der Waals surface area contributed by atoms with Gasteiger partial charge in [0, 0.05) is 67.8 Å². The first-order chi connectivity index (χ1) is 65.5. The van der Waals surface area contributed by atoms with Gasteiger partial charge in [-0.25, -0.2) is 0 Å². The molecule has 7 atom stereocenters. The van der Waals surface area contributed by atoms with Crippen molar-refractivity contribution < 1.29 is 1.37 Å². The molecule has 0 radical (unpaired) electrons. The van der Waals surface area contributed by atoms with Gasteiger partial charge in [-0.3, -0.25) is 0 Å². The summed E-state index contributed by atoms with van der Waals surface area (Å²) in [6.07, 6.45) is 47.8. The van der Waals surface area contributed by atoms with Crippen LogP contribution in [0.5, 0.6) is 0 Å². The van der Waals surface area contributed by atoms with Crippen molar-refractivity contribution in [3.8, 4) is 0 Å². The first-order valence-electron chi connectivity index (χ1n) is 52.1. The molecule has 5 aliphatic carbocycles. The van der Waals surface area contributed by atoms with Gasteiger partial charge in [-0.1, -0.05) is 301 Å². The van der Waals surface area contributed by atoms with Crippen molar-refractivity contribution in [2.45, 2.75) is 293 Å². The lowest BCUT2D eigenvalue weighted by Crippen LogP contribution is -2.55. The van der Waals surface area contributed by atoms with Gasteiger partial charge in [-0.05, 0) is 331 Å². The van der Waals surface area contributed by atoms with Crippen LogP contribution in [-0.4, -0.2) is 31.2 Å². The molecule has 13 aliphatic rings. The van der Waals surface area contributed by atoms with E-state index in [0.717, 1.165) is 24.7 Å². The van der Waals surface area contributed by atoms with Crippen LogP contribution in [0.25, 0.3) is 0 Å². The molecule has 690 valence electrons. The number of hydrogen-bond donors (Lipinski definition) is 0. The Balaban J connectivity index is 0.000000112. The van der Waals surface area contributed by atoms with Crippen LogP contribution >= 0.6 is 0 Å². The van der Waals surface area contributed by atoms with Crippen molar-refractivity contribution in [2.75, 3.05) is 19.6 Å². The van der Waals surface area contributed by atoms with E-state index in [0.29, 0.717) is 17.8 Å². The van der Waals surface area contributed by atoms with E-state index in [1.807, 2.05) is 0 Å². The zero-order valence-corrected chi connectivity index (χ0v) is 83.2. The van der Waals surface area contributed by atoms with Crippen LogP contribution in [0.1, 0.15) is 289 Å². The molecule has 10 aromatic rings. The summed E-state index contributed by atoms with van der Waals surface area (Å²) >= 11 is 0. The Labute approximate surface area is 805 Å². The summed E-state index contributed by atoms with van der Waals surface area (Å²) in [6, 6.07) is 84.4. The van der Waals surface area contributed by atoms with E-state index in [1.165, 1.54) is 290 Å². The molecule has 8 heterocycles. The van der Waals surface area contributed by atoms with Gasteiger partial charge in [0.25, 0.3) is 0 Å². The van der Waals surface area contributed by atoms with Gasteiger partial charge < -0.3 is 39.2 Å². The maximum Gasteiger partial charge on any atom is 0.134 e. The third-order valence-corrected chi connectivity index (χ3v) is 34.5. The first-order valence-corrected chi connectivity index (χ1v) is 51.6. The molecule has 7 unspecified atom stereocenters. The van der Waals surface area contributed by atoms with Gasteiger partial charge in [-0.15, -0.1) is 0 Å². The van der Waals surface area contributed by atoms with E-state index >= 15 is 0 Å². The van der Waals surface area contributed by atoms with Crippen LogP contribution in [0, 0.1) is 113 Å². The number of allylic oxidation sites excluding steroid dienone is 8. The van der Waals surface area contributed by atoms with Crippen LogP contribution < -0.4 is 19.6 Å². The maximum atomic E-state index is 9.70. The second kappa shape index (κ2) is 37.3. The molecule has 0 bridgehead atoms. The number of benzene rings is 10. The number of nitrogens with zero attached hydrogens (tertiary/aromatic N) is 8.